The summed E-state index contributed by atoms with van der Waals surface area (Å²) >= 11 is 6.16. The van der Waals surface area contributed by atoms with Crippen LogP contribution in [0.4, 0.5) is 5.69 Å². The Hall–Kier alpha value is -2.83. The highest BCUT2D eigenvalue weighted by Gasteiger charge is 2.45. The third-order valence-electron chi connectivity index (χ3n) is 6.44. The number of aromatic nitrogens is 2. The first-order valence-electron chi connectivity index (χ1n) is 11.1. The molecule has 6 nitrogen and oxygen atoms in total. The second kappa shape index (κ2) is 8.60. The Morgan fingerprint density at radius 3 is 2.56 bits per heavy atom. The second-order valence-electron chi connectivity index (χ2n) is 8.73. The van der Waals surface area contributed by atoms with Crippen molar-refractivity contribution in [3.05, 3.63) is 81.2 Å². The summed E-state index contributed by atoms with van der Waals surface area (Å²) in [5, 5.41) is 8.37. The summed E-state index contributed by atoms with van der Waals surface area (Å²) in [4.78, 5) is 15.7. The minimum Gasteiger partial charge on any atom is -0.485 e. The summed E-state index contributed by atoms with van der Waals surface area (Å²) in [5.74, 6) is 0.361. The fourth-order valence-electron chi connectivity index (χ4n) is 4.27. The SMILES string of the molecule is Cc1ccc(C2(COc3c(N4CCNCC4)cnn(-c4cccc(Cl)c4)c3=O)CC2)cc1. The number of benzene rings is 2. The van der Waals surface area contributed by atoms with Crippen molar-refractivity contribution in [1.29, 1.82) is 0 Å². The molecule has 2 aromatic carbocycles. The van der Waals surface area contributed by atoms with Gasteiger partial charge in [0.2, 0.25) is 5.75 Å². The zero-order chi connectivity index (χ0) is 22.1. The fraction of sp³-hybridized carbons (Fsp3) is 0.360. The molecule has 1 saturated carbocycles. The highest BCUT2D eigenvalue weighted by atomic mass is 35.5. The first-order valence-corrected chi connectivity index (χ1v) is 11.5. The number of rotatable bonds is 6. The standard InChI is InChI=1S/C25H27ClN4O2/c1-18-5-7-19(8-6-18)25(9-10-25)17-32-23-22(29-13-11-27-12-14-29)16-28-30(24(23)31)21-4-2-3-20(26)15-21/h2-8,15-16,27H,9-14,17H2,1H3. The molecule has 0 radical (unpaired) electrons. The molecule has 0 spiro atoms. The molecule has 0 atom stereocenters. The first kappa shape index (κ1) is 21.0. The summed E-state index contributed by atoms with van der Waals surface area (Å²) in [5.41, 5.74) is 3.61. The molecule has 1 aliphatic heterocycles. The lowest BCUT2D eigenvalue weighted by Crippen LogP contribution is -2.44. The third kappa shape index (κ3) is 4.12. The molecule has 0 bridgehead atoms. The number of nitrogens with one attached hydrogen (secondary N) is 1. The Balaban J connectivity index is 1.50. The van der Waals surface area contributed by atoms with Crippen molar-refractivity contribution in [2.24, 2.45) is 0 Å². The summed E-state index contributed by atoms with van der Waals surface area (Å²) in [6.07, 6.45) is 3.87. The number of anilines is 1. The van der Waals surface area contributed by atoms with E-state index in [-0.39, 0.29) is 11.0 Å². The molecule has 7 heteroatoms. The van der Waals surface area contributed by atoms with Crippen molar-refractivity contribution in [1.82, 2.24) is 15.1 Å². The molecular formula is C25H27ClN4O2. The average molecular weight is 451 g/mol. The van der Waals surface area contributed by atoms with Crippen LogP contribution in [0.5, 0.6) is 5.75 Å². The highest BCUT2D eigenvalue weighted by Crippen LogP contribution is 2.48. The molecule has 2 fully saturated rings. The summed E-state index contributed by atoms with van der Waals surface area (Å²) in [6, 6.07) is 15.8. The molecule has 3 aromatic rings. The van der Waals surface area contributed by atoms with Gasteiger partial charge in [-0.25, -0.2) is 0 Å². The Morgan fingerprint density at radius 2 is 1.88 bits per heavy atom. The van der Waals surface area contributed by atoms with E-state index in [9.17, 15) is 4.79 Å². The molecule has 1 saturated heterocycles. The maximum absolute atomic E-state index is 13.6. The number of piperazine rings is 1. The van der Waals surface area contributed by atoms with E-state index in [0.717, 1.165) is 44.7 Å². The molecule has 1 N–H and O–H groups in total. The minimum absolute atomic E-state index is 0.0228. The van der Waals surface area contributed by atoms with Crippen molar-refractivity contribution in [3.63, 3.8) is 0 Å². The topological polar surface area (TPSA) is 59.4 Å². The van der Waals surface area contributed by atoms with Gasteiger partial charge in [-0.2, -0.15) is 9.78 Å². The van der Waals surface area contributed by atoms with Crippen LogP contribution in [-0.4, -0.2) is 42.6 Å². The predicted molar refractivity (Wildman–Crippen MR) is 128 cm³/mol. The number of nitrogens with zero attached hydrogens (tertiary/aromatic N) is 3. The summed E-state index contributed by atoms with van der Waals surface area (Å²) in [7, 11) is 0. The molecule has 166 valence electrons. The Bertz CT molecular complexity index is 1170. The molecule has 1 aromatic heterocycles. The molecule has 1 aliphatic carbocycles. The van der Waals surface area contributed by atoms with Crippen LogP contribution in [0.1, 0.15) is 24.0 Å². The Kier molecular flexibility index (Phi) is 5.66. The monoisotopic (exact) mass is 450 g/mol. The lowest BCUT2D eigenvalue weighted by Gasteiger charge is -2.30. The van der Waals surface area contributed by atoms with E-state index < -0.39 is 0 Å². The van der Waals surface area contributed by atoms with Crippen LogP contribution in [0.2, 0.25) is 5.02 Å². The highest BCUT2D eigenvalue weighted by molar-refractivity contribution is 6.30. The lowest BCUT2D eigenvalue weighted by molar-refractivity contribution is 0.272. The van der Waals surface area contributed by atoms with Crippen LogP contribution in [0.25, 0.3) is 5.69 Å². The van der Waals surface area contributed by atoms with Crippen LogP contribution >= 0.6 is 11.6 Å². The van der Waals surface area contributed by atoms with E-state index in [2.05, 4.69) is 46.5 Å². The lowest BCUT2D eigenvalue weighted by atomic mass is 9.96. The number of hydrogen-bond donors (Lipinski definition) is 1. The average Bonchev–Trinajstić information content (AvgIpc) is 3.60. The normalized spacial score (nSPS) is 17.2. The van der Waals surface area contributed by atoms with Crippen LogP contribution in [0.15, 0.2) is 59.5 Å². The number of aryl methyl sites for hydroxylation is 1. The van der Waals surface area contributed by atoms with Gasteiger partial charge in [-0.1, -0.05) is 47.5 Å². The summed E-state index contributed by atoms with van der Waals surface area (Å²) < 4.78 is 7.73. The van der Waals surface area contributed by atoms with Crippen molar-refractivity contribution < 1.29 is 4.74 Å². The van der Waals surface area contributed by atoms with Gasteiger partial charge in [0.15, 0.2) is 0 Å². The van der Waals surface area contributed by atoms with E-state index in [1.807, 2.05) is 12.1 Å². The van der Waals surface area contributed by atoms with Gasteiger partial charge in [-0.05, 0) is 43.5 Å². The zero-order valence-corrected chi connectivity index (χ0v) is 18.9. The molecular weight excluding hydrogens is 424 g/mol. The molecule has 5 rings (SSSR count). The Labute approximate surface area is 192 Å². The van der Waals surface area contributed by atoms with Gasteiger partial charge in [0.1, 0.15) is 5.69 Å². The third-order valence-corrected chi connectivity index (χ3v) is 6.67. The molecule has 32 heavy (non-hydrogen) atoms. The van der Waals surface area contributed by atoms with Gasteiger partial charge in [-0.3, -0.25) is 4.79 Å². The zero-order valence-electron chi connectivity index (χ0n) is 18.2. The number of hydrogen-bond acceptors (Lipinski definition) is 5. The van der Waals surface area contributed by atoms with Gasteiger partial charge in [0, 0.05) is 36.6 Å². The first-order chi connectivity index (χ1) is 15.6. The van der Waals surface area contributed by atoms with E-state index in [0.29, 0.717) is 23.1 Å². The maximum Gasteiger partial charge on any atom is 0.316 e. The van der Waals surface area contributed by atoms with Crippen LogP contribution in [0.3, 0.4) is 0 Å². The molecule has 0 amide bonds. The van der Waals surface area contributed by atoms with Crippen LogP contribution < -0.4 is 20.5 Å². The largest absolute Gasteiger partial charge is 0.485 e. The Morgan fingerprint density at radius 1 is 1.12 bits per heavy atom. The number of ether oxygens (including phenoxy) is 1. The fourth-order valence-corrected chi connectivity index (χ4v) is 4.46. The van der Waals surface area contributed by atoms with Crippen LogP contribution in [0, 0.1) is 6.92 Å². The van der Waals surface area contributed by atoms with Crippen molar-refractivity contribution in [3.8, 4) is 11.4 Å². The van der Waals surface area contributed by atoms with Crippen molar-refractivity contribution in [2.75, 3.05) is 37.7 Å². The van der Waals surface area contributed by atoms with Gasteiger partial charge < -0.3 is 15.0 Å². The van der Waals surface area contributed by atoms with E-state index in [4.69, 9.17) is 16.3 Å². The quantitative estimate of drug-likeness (QED) is 0.620. The predicted octanol–water partition coefficient (Wildman–Crippen LogP) is 3.71. The van der Waals surface area contributed by atoms with Crippen LogP contribution in [-0.2, 0) is 5.41 Å². The second-order valence-corrected chi connectivity index (χ2v) is 9.16. The van der Waals surface area contributed by atoms with E-state index in [1.54, 1.807) is 18.3 Å². The van der Waals surface area contributed by atoms with Gasteiger partial charge >= 0.3 is 5.56 Å². The van der Waals surface area contributed by atoms with Crippen molar-refractivity contribution >= 4 is 17.3 Å². The molecule has 2 aliphatic rings. The van der Waals surface area contributed by atoms with Crippen molar-refractivity contribution in [2.45, 2.75) is 25.2 Å². The van der Waals surface area contributed by atoms with Gasteiger partial charge in [0.05, 0.1) is 18.5 Å². The van der Waals surface area contributed by atoms with E-state index >= 15 is 0 Å². The van der Waals surface area contributed by atoms with E-state index in [1.165, 1.54) is 15.8 Å². The maximum atomic E-state index is 13.6. The molecule has 2 heterocycles. The minimum atomic E-state index is -0.261. The smallest absolute Gasteiger partial charge is 0.316 e. The number of halogens is 1. The molecule has 0 unspecified atom stereocenters. The van der Waals surface area contributed by atoms with Gasteiger partial charge in [-0.15, -0.1) is 0 Å². The van der Waals surface area contributed by atoms with Gasteiger partial charge in [0.25, 0.3) is 0 Å². The summed E-state index contributed by atoms with van der Waals surface area (Å²) in [6.45, 7) is 5.91.